The molecule has 1 unspecified atom stereocenters. The van der Waals surface area contributed by atoms with E-state index in [9.17, 15) is 13.6 Å². The molecule has 3 rings (SSSR count). The van der Waals surface area contributed by atoms with Gasteiger partial charge in [0.25, 0.3) is 5.92 Å². The summed E-state index contributed by atoms with van der Waals surface area (Å²) >= 11 is 0. The van der Waals surface area contributed by atoms with Crippen LogP contribution in [-0.4, -0.2) is 35.4 Å². The first-order chi connectivity index (χ1) is 13.3. The lowest BCUT2D eigenvalue weighted by atomic mass is 9.89. The highest BCUT2D eigenvalue weighted by atomic mass is 19.3. The minimum Gasteiger partial charge on any atom is -0.447 e. The second-order valence-corrected chi connectivity index (χ2v) is 7.43. The van der Waals surface area contributed by atoms with Crippen LogP contribution in [0, 0.1) is 12.8 Å². The van der Waals surface area contributed by atoms with Gasteiger partial charge in [0.15, 0.2) is 6.10 Å². The standard InChI is InChI=1S/C21H26F2N2O3/c1-14(13-27-3)10-12-25-17-9-11-21(22,23)19(18(17)15(2)24-25)28-20(26)16-7-5-4-6-8-16/h4-8,14,19H,9-13H2,1-3H3/t14?,19-/m0/s1. The van der Waals surface area contributed by atoms with Crippen molar-refractivity contribution >= 4 is 5.97 Å². The summed E-state index contributed by atoms with van der Waals surface area (Å²) in [5, 5.41) is 4.47. The van der Waals surface area contributed by atoms with Crippen LogP contribution in [0.15, 0.2) is 30.3 Å². The molecule has 1 aliphatic carbocycles. The first-order valence-electron chi connectivity index (χ1n) is 9.52. The molecule has 1 aromatic heterocycles. The molecule has 152 valence electrons. The van der Waals surface area contributed by atoms with E-state index in [0.717, 1.165) is 12.1 Å². The number of alkyl halides is 2. The minimum atomic E-state index is -3.13. The van der Waals surface area contributed by atoms with E-state index in [-0.39, 0.29) is 18.4 Å². The average molecular weight is 392 g/mol. The number of aromatic nitrogens is 2. The molecule has 1 aliphatic rings. The van der Waals surface area contributed by atoms with E-state index in [2.05, 4.69) is 12.0 Å². The Hall–Kier alpha value is -2.28. The Morgan fingerprint density at radius 3 is 2.75 bits per heavy atom. The van der Waals surface area contributed by atoms with E-state index < -0.39 is 18.0 Å². The van der Waals surface area contributed by atoms with E-state index >= 15 is 0 Å². The lowest BCUT2D eigenvalue weighted by Crippen LogP contribution is -2.35. The fraction of sp³-hybridized carbons (Fsp3) is 0.524. The van der Waals surface area contributed by atoms with Crippen molar-refractivity contribution in [3.8, 4) is 0 Å². The Morgan fingerprint density at radius 1 is 1.36 bits per heavy atom. The minimum absolute atomic E-state index is 0.210. The van der Waals surface area contributed by atoms with Crippen molar-refractivity contribution in [2.45, 2.75) is 51.7 Å². The van der Waals surface area contributed by atoms with Gasteiger partial charge in [-0.1, -0.05) is 25.1 Å². The largest absolute Gasteiger partial charge is 0.447 e. The van der Waals surface area contributed by atoms with Gasteiger partial charge in [-0.3, -0.25) is 4.68 Å². The SMILES string of the molecule is COCC(C)CCn1nc(C)c2c1CCC(F)(F)[C@H]2OC(=O)c1ccccc1. The summed E-state index contributed by atoms with van der Waals surface area (Å²) < 4.78 is 41.6. The van der Waals surface area contributed by atoms with Crippen LogP contribution >= 0.6 is 0 Å². The van der Waals surface area contributed by atoms with E-state index in [4.69, 9.17) is 9.47 Å². The van der Waals surface area contributed by atoms with Crippen molar-refractivity contribution < 1.29 is 23.0 Å². The second-order valence-electron chi connectivity index (χ2n) is 7.43. The van der Waals surface area contributed by atoms with E-state index in [1.165, 1.54) is 0 Å². The smallest absolute Gasteiger partial charge is 0.338 e. The molecule has 0 saturated carbocycles. The third kappa shape index (κ3) is 4.24. The molecule has 0 amide bonds. The molecule has 0 saturated heterocycles. The number of methoxy groups -OCH3 is 1. The van der Waals surface area contributed by atoms with Crippen LogP contribution in [0.5, 0.6) is 0 Å². The number of carbonyl (C=O) groups excluding carboxylic acids is 1. The number of ether oxygens (including phenoxy) is 2. The zero-order chi connectivity index (χ0) is 20.3. The number of hydrogen-bond acceptors (Lipinski definition) is 4. The summed E-state index contributed by atoms with van der Waals surface area (Å²) in [7, 11) is 1.66. The van der Waals surface area contributed by atoms with Gasteiger partial charge in [-0.05, 0) is 37.8 Å². The van der Waals surface area contributed by atoms with Crippen LogP contribution in [0.1, 0.15) is 53.2 Å². The van der Waals surface area contributed by atoms with Crippen LogP contribution in [0.25, 0.3) is 0 Å². The third-order valence-corrected chi connectivity index (χ3v) is 5.14. The first kappa shape index (κ1) is 20.5. The fourth-order valence-electron chi connectivity index (χ4n) is 3.67. The lowest BCUT2D eigenvalue weighted by molar-refractivity contribution is -0.128. The Balaban J connectivity index is 1.85. The van der Waals surface area contributed by atoms with Gasteiger partial charge in [0, 0.05) is 37.9 Å². The number of rotatable bonds is 7. The molecule has 0 spiro atoms. The third-order valence-electron chi connectivity index (χ3n) is 5.14. The van der Waals surface area contributed by atoms with Crippen LogP contribution in [-0.2, 0) is 22.4 Å². The molecular weight excluding hydrogens is 366 g/mol. The van der Waals surface area contributed by atoms with Gasteiger partial charge in [0.05, 0.1) is 11.3 Å². The summed E-state index contributed by atoms with van der Waals surface area (Å²) in [5.41, 5.74) is 1.82. The average Bonchev–Trinajstić information content (AvgIpc) is 2.99. The van der Waals surface area contributed by atoms with Gasteiger partial charge in [0.1, 0.15) is 0 Å². The van der Waals surface area contributed by atoms with Crippen molar-refractivity contribution in [1.82, 2.24) is 9.78 Å². The molecule has 1 aromatic carbocycles. The molecule has 0 fully saturated rings. The van der Waals surface area contributed by atoms with E-state index in [1.54, 1.807) is 49.0 Å². The van der Waals surface area contributed by atoms with Crippen molar-refractivity contribution in [3.63, 3.8) is 0 Å². The van der Waals surface area contributed by atoms with Gasteiger partial charge >= 0.3 is 5.97 Å². The quantitative estimate of drug-likeness (QED) is 0.658. The number of benzene rings is 1. The maximum absolute atomic E-state index is 14.7. The molecular formula is C21H26F2N2O3. The van der Waals surface area contributed by atoms with Crippen LogP contribution in [0.2, 0.25) is 0 Å². The summed E-state index contributed by atoms with van der Waals surface area (Å²) in [6.45, 7) is 5.02. The zero-order valence-corrected chi connectivity index (χ0v) is 16.5. The molecule has 7 heteroatoms. The highest BCUT2D eigenvalue weighted by molar-refractivity contribution is 5.89. The Morgan fingerprint density at radius 2 is 2.07 bits per heavy atom. The topological polar surface area (TPSA) is 53.4 Å². The number of carbonyl (C=O) groups is 1. The predicted molar refractivity (Wildman–Crippen MR) is 100 cm³/mol. The molecule has 0 aliphatic heterocycles. The number of fused-ring (bicyclic) bond motifs is 1. The molecule has 0 N–H and O–H groups in total. The van der Waals surface area contributed by atoms with Crippen LogP contribution in [0.4, 0.5) is 8.78 Å². The van der Waals surface area contributed by atoms with Crippen molar-refractivity contribution in [1.29, 1.82) is 0 Å². The van der Waals surface area contributed by atoms with Crippen molar-refractivity contribution in [3.05, 3.63) is 52.8 Å². The molecule has 2 atom stereocenters. The monoisotopic (exact) mass is 392 g/mol. The molecule has 5 nitrogen and oxygen atoms in total. The van der Waals surface area contributed by atoms with Gasteiger partial charge in [-0.2, -0.15) is 5.10 Å². The maximum Gasteiger partial charge on any atom is 0.338 e. The van der Waals surface area contributed by atoms with Crippen molar-refractivity contribution in [2.24, 2.45) is 5.92 Å². The van der Waals surface area contributed by atoms with Crippen LogP contribution in [0.3, 0.4) is 0 Å². The summed E-state index contributed by atoms with van der Waals surface area (Å²) in [6.07, 6.45) is -0.951. The predicted octanol–water partition coefficient (Wildman–Crippen LogP) is 4.34. The highest BCUT2D eigenvalue weighted by Gasteiger charge is 2.49. The van der Waals surface area contributed by atoms with Gasteiger partial charge in [0.2, 0.25) is 0 Å². The Labute approximate surface area is 163 Å². The zero-order valence-electron chi connectivity index (χ0n) is 16.5. The number of hydrogen-bond donors (Lipinski definition) is 0. The molecule has 1 heterocycles. The Kier molecular flexibility index (Phi) is 6.13. The normalized spacial score (nSPS) is 19.1. The highest BCUT2D eigenvalue weighted by Crippen LogP contribution is 2.45. The molecule has 2 aromatic rings. The van der Waals surface area contributed by atoms with Gasteiger partial charge in [-0.25, -0.2) is 13.6 Å². The fourth-order valence-corrected chi connectivity index (χ4v) is 3.67. The number of aryl methyl sites for hydroxylation is 2. The summed E-state index contributed by atoms with van der Waals surface area (Å²) in [4.78, 5) is 12.4. The van der Waals surface area contributed by atoms with E-state index in [0.29, 0.717) is 30.3 Å². The Bertz CT molecular complexity index is 821. The second kappa shape index (κ2) is 8.39. The summed E-state index contributed by atoms with van der Waals surface area (Å²) in [6, 6.07) is 8.20. The van der Waals surface area contributed by atoms with Crippen molar-refractivity contribution in [2.75, 3.05) is 13.7 Å². The van der Waals surface area contributed by atoms with Crippen LogP contribution < -0.4 is 0 Å². The molecule has 28 heavy (non-hydrogen) atoms. The summed E-state index contributed by atoms with van der Waals surface area (Å²) in [5.74, 6) is -3.54. The van der Waals surface area contributed by atoms with Gasteiger partial charge in [-0.15, -0.1) is 0 Å². The molecule has 0 radical (unpaired) electrons. The maximum atomic E-state index is 14.7. The lowest BCUT2D eigenvalue weighted by Gasteiger charge is -2.31. The number of halogens is 2. The van der Waals surface area contributed by atoms with E-state index in [1.807, 2.05) is 0 Å². The number of nitrogens with zero attached hydrogens (tertiary/aromatic N) is 2. The van der Waals surface area contributed by atoms with Gasteiger partial charge < -0.3 is 9.47 Å². The first-order valence-corrected chi connectivity index (χ1v) is 9.52. The number of esters is 1. The molecule has 0 bridgehead atoms.